The largest absolute Gasteiger partial charge is 0.0985 e. The Hall–Kier alpha value is -1.04. The van der Waals surface area contributed by atoms with E-state index in [1.807, 2.05) is 6.08 Å². The van der Waals surface area contributed by atoms with E-state index in [-0.39, 0.29) is 0 Å². The average Bonchev–Trinajstić information content (AvgIpc) is 2.36. The van der Waals surface area contributed by atoms with Gasteiger partial charge in [0.2, 0.25) is 0 Å². The highest BCUT2D eigenvalue weighted by molar-refractivity contribution is 5.48. The summed E-state index contributed by atoms with van der Waals surface area (Å²) in [5.41, 5.74) is 4.01. The minimum absolute atomic E-state index is 0.512. The van der Waals surface area contributed by atoms with E-state index in [0.717, 1.165) is 11.8 Å². The highest BCUT2D eigenvalue weighted by Crippen LogP contribution is 2.65. The molecule has 19 heavy (non-hydrogen) atoms. The van der Waals surface area contributed by atoms with E-state index in [4.69, 9.17) is 0 Å². The maximum Gasteiger partial charge on any atom is -0.00365 e. The van der Waals surface area contributed by atoms with Crippen LogP contribution in [0.25, 0.3) is 6.08 Å². The summed E-state index contributed by atoms with van der Waals surface area (Å²) in [7, 11) is 0. The van der Waals surface area contributed by atoms with Crippen LogP contribution in [0, 0.1) is 17.3 Å². The van der Waals surface area contributed by atoms with Crippen LogP contribution in [0.1, 0.15) is 56.6 Å². The highest BCUT2D eigenvalue weighted by Gasteiger charge is 2.56. The van der Waals surface area contributed by atoms with Gasteiger partial charge < -0.3 is 0 Å². The second-order valence-corrected chi connectivity index (χ2v) is 7.88. The Kier molecular flexibility index (Phi) is 2.32. The zero-order valence-electron chi connectivity index (χ0n) is 12.0. The second kappa shape index (κ2) is 3.75. The Balaban J connectivity index is 1.74. The maximum atomic E-state index is 3.86. The van der Waals surface area contributed by atoms with Crippen LogP contribution in [-0.2, 0) is 5.41 Å². The lowest BCUT2D eigenvalue weighted by Crippen LogP contribution is -2.52. The van der Waals surface area contributed by atoms with Gasteiger partial charge in [-0.3, -0.25) is 0 Å². The van der Waals surface area contributed by atoms with Crippen molar-refractivity contribution in [2.45, 2.75) is 50.9 Å². The predicted molar refractivity (Wildman–Crippen MR) is 81.0 cm³/mol. The molecule has 0 saturated heterocycles. The number of rotatable bonds is 2. The zero-order chi connectivity index (χ0) is 13.1. The molecule has 0 amide bonds. The van der Waals surface area contributed by atoms with E-state index in [1.54, 1.807) is 5.56 Å². The fourth-order valence-corrected chi connectivity index (χ4v) is 6.03. The van der Waals surface area contributed by atoms with Gasteiger partial charge in [0.1, 0.15) is 0 Å². The van der Waals surface area contributed by atoms with E-state index in [0.29, 0.717) is 10.8 Å². The summed E-state index contributed by atoms with van der Waals surface area (Å²) in [6.45, 7) is 6.42. The van der Waals surface area contributed by atoms with Crippen molar-refractivity contribution in [2.75, 3.05) is 0 Å². The number of hydrogen-bond acceptors (Lipinski definition) is 0. The van der Waals surface area contributed by atoms with Crippen LogP contribution in [0.2, 0.25) is 0 Å². The first kappa shape index (κ1) is 11.8. The highest BCUT2D eigenvalue weighted by atomic mass is 14.6. The minimum Gasteiger partial charge on any atom is -0.0985 e. The van der Waals surface area contributed by atoms with Gasteiger partial charge in [0.05, 0.1) is 0 Å². The van der Waals surface area contributed by atoms with Crippen molar-refractivity contribution in [3.05, 3.63) is 42.0 Å². The summed E-state index contributed by atoms with van der Waals surface area (Å²) in [5, 5.41) is 0. The van der Waals surface area contributed by atoms with Gasteiger partial charge in [0.15, 0.2) is 0 Å². The van der Waals surface area contributed by atoms with Crippen LogP contribution in [0.5, 0.6) is 0 Å². The molecule has 0 radical (unpaired) electrons. The summed E-state index contributed by atoms with van der Waals surface area (Å²) >= 11 is 0. The standard InChI is InChI=1S/C19H24/c1-3-14-4-6-17(7-5-14)19-11-15-8-16(12-19)10-18(2,9-15)13-19/h3-7,15-16H,1,8-13H2,2H3. The molecule has 4 saturated carbocycles. The lowest BCUT2D eigenvalue weighted by Gasteiger charge is -2.61. The molecule has 0 heteroatoms. The first-order valence-electron chi connectivity index (χ1n) is 7.84. The first-order valence-corrected chi connectivity index (χ1v) is 7.84. The van der Waals surface area contributed by atoms with Crippen molar-refractivity contribution in [1.82, 2.24) is 0 Å². The zero-order valence-corrected chi connectivity index (χ0v) is 12.0. The Bertz CT molecular complexity index is 493. The van der Waals surface area contributed by atoms with Crippen molar-refractivity contribution in [1.29, 1.82) is 0 Å². The maximum absolute atomic E-state index is 3.86. The van der Waals surface area contributed by atoms with E-state index in [2.05, 4.69) is 37.8 Å². The molecule has 0 spiro atoms. The molecule has 1 aromatic rings. The molecule has 0 aliphatic heterocycles. The van der Waals surface area contributed by atoms with Gasteiger partial charge in [-0.05, 0) is 72.3 Å². The quantitative estimate of drug-likeness (QED) is 0.679. The average molecular weight is 252 g/mol. The van der Waals surface area contributed by atoms with Crippen LogP contribution in [0.3, 0.4) is 0 Å². The molecule has 4 bridgehead atoms. The minimum atomic E-state index is 0.512. The Labute approximate surface area is 116 Å². The lowest BCUT2D eigenvalue weighted by molar-refractivity contribution is -0.0615. The van der Waals surface area contributed by atoms with E-state index in [1.165, 1.54) is 44.1 Å². The molecule has 0 aromatic heterocycles. The van der Waals surface area contributed by atoms with Gasteiger partial charge in [-0.25, -0.2) is 0 Å². The summed E-state index contributed by atoms with van der Waals surface area (Å²) in [4.78, 5) is 0. The number of benzene rings is 1. The monoisotopic (exact) mass is 252 g/mol. The van der Waals surface area contributed by atoms with Crippen LogP contribution < -0.4 is 0 Å². The molecule has 1 aromatic carbocycles. The molecular formula is C19H24. The van der Waals surface area contributed by atoms with Crippen molar-refractivity contribution in [3.8, 4) is 0 Å². The summed E-state index contributed by atoms with van der Waals surface area (Å²) in [6, 6.07) is 9.27. The molecule has 2 unspecified atom stereocenters. The van der Waals surface area contributed by atoms with Crippen molar-refractivity contribution >= 4 is 6.08 Å². The summed E-state index contributed by atoms with van der Waals surface area (Å²) in [5.74, 6) is 2.01. The Morgan fingerprint density at radius 3 is 2.21 bits per heavy atom. The van der Waals surface area contributed by atoms with E-state index in [9.17, 15) is 0 Å². The number of hydrogen-bond donors (Lipinski definition) is 0. The molecule has 0 N–H and O–H groups in total. The molecule has 100 valence electrons. The van der Waals surface area contributed by atoms with Gasteiger partial charge in [0, 0.05) is 0 Å². The molecule has 5 rings (SSSR count). The summed E-state index contributed by atoms with van der Waals surface area (Å²) in [6.07, 6.45) is 10.8. The van der Waals surface area contributed by atoms with Crippen LogP contribution in [0.15, 0.2) is 30.8 Å². The van der Waals surface area contributed by atoms with Gasteiger partial charge in [-0.1, -0.05) is 43.8 Å². The fraction of sp³-hybridized carbons (Fsp3) is 0.579. The van der Waals surface area contributed by atoms with Gasteiger partial charge in [0.25, 0.3) is 0 Å². The Morgan fingerprint density at radius 1 is 1.05 bits per heavy atom. The molecule has 4 fully saturated rings. The molecule has 2 atom stereocenters. The molecule has 0 heterocycles. The SMILES string of the molecule is C=Cc1ccc(C23CC4CC(CC(C)(C4)C2)C3)cc1. The van der Waals surface area contributed by atoms with E-state index >= 15 is 0 Å². The normalized spacial score (nSPS) is 43.4. The molecular weight excluding hydrogens is 228 g/mol. The van der Waals surface area contributed by atoms with Gasteiger partial charge in [-0.2, -0.15) is 0 Å². The Morgan fingerprint density at radius 2 is 1.68 bits per heavy atom. The predicted octanol–water partition coefficient (Wildman–Crippen LogP) is 5.19. The summed E-state index contributed by atoms with van der Waals surface area (Å²) < 4.78 is 0. The topological polar surface area (TPSA) is 0 Å². The van der Waals surface area contributed by atoms with Crippen LogP contribution >= 0.6 is 0 Å². The van der Waals surface area contributed by atoms with Crippen molar-refractivity contribution < 1.29 is 0 Å². The molecule has 4 aliphatic rings. The lowest BCUT2D eigenvalue weighted by atomic mass is 9.43. The third-order valence-electron chi connectivity index (χ3n) is 6.11. The van der Waals surface area contributed by atoms with Gasteiger partial charge in [-0.15, -0.1) is 0 Å². The molecule has 4 aliphatic carbocycles. The van der Waals surface area contributed by atoms with E-state index < -0.39 is 0 Å². The van der Waals surface area contributed by atoms with Gasteiger partial charge >= 0.3 is 0 Å². The smallest absolute Gasteiger partial charge is 0.00365 e. The third kappa shape index (κ3) is 1.72. The fourth-order valence-electron chi connectivity index (χ4n) is 6.03. The van der Waals surface area contributed by atoms with Crippen LogP contribution in [0.4, 0.5) is 0 Å². The first-order chi connectivity index (χ1) is 9.11. The van der Waals surface area contributed by atoms with Crippen molar-refractivity contribution in [3.63, 3.8) is 0 Å². The van der Waals surface area contributed by atoms with Crippen LogP contribution in [-0.4, -0.2) is 0 Å². The molecule has 0 nitrogen and oxygen atoms in total. The third-order valence-corrected chi connectivity index (χ3v) is 6.11. The van der Waals surface area contributed by atoms with Crippen molar-refractivity contribution in [2.24, 2.45) is 17.3 Å². The second-order valence-electron chi connectivity index (χ2n) is 7.88.